The van der Waals surface area contributed by atoms with E-state index < -0.39 is 5.97 Å². The standard InChI is InChI=1S/C13H17NO2S/c1-9(14-7-11(8-14)13(15)16)10-3-5-12(17-2)6-4-10/h3-6,9,11H,7-8H2,1-2H3,(H,15,16). The highest BCUT2D eigenvalue weighted by Gasteiger charge is 2.35. The smallest absolute Gasteiger partial charge is 0.309 e. The van der Waals surface area contributed by atoms with Crippen molar-refractivity contribution >= 4 is 17.7 Å². The van der Waals surface area contributed by atoms with Gasteiger partial charge in [0.25, 0.3) is 0 Å². The summed E-state index contributed by atoms with van der Waals surface area (Å²) in [5.41, 5.74) is 1.26. The van der Waals surface area contributed by atoms with Crippen LogP contribution in [0.5, 0.6) is 0 Å². The molecule has 1 heterocycles. The lowest BCUT2D eigenvalue weighted by atomic mass is 9.95. The zero-order chi connectivity index (χ0) is 12.4. The van der Waals surface area contributed by atoms with Crippen LogP contribution in [0.4, 0.5) is 0 Å². The summed E-state index contributed by atoms with van der Waals surface area (Å²) < 4.78 is 0. The summed E-state index contributed by atoms with van der Waals surface area (Å²) in [6, 6.07) is 8.80. The number of aliphatic carboxylic acids is 1. The van der Waals surface area contributed by atoms with Crippen molar-refractivity contribution in [1.29, 1.82) is 0 Å². The summed E-state index contributed by atoms with van der Waals surface area (Å²) in [7, 11) is 0. The molecule has 0 saturated carbocycles. The maximum Gasteiger partial charge on any atom is 0.309 e. The lowest BCUT2D eigenvalue weighted by molar-refractivity contribution is -0.148. The summed E-state index contributed by atoms with van der Waals surface area (Å²) in [5, 5.41) is 8.84. The van der Waals surface area contributed by atoms with Gasteiger partial charge in [-0.1, -0.05) is 12.1 Å². The minimum absolute atomic E-state index is 0.178. The van der Waals surface area contributed by atoms with Gasteiger partial charge in [-0.15, -0.1) is 11.8 Å². The molecule has 1 aliphatic heterocycles. The Labute approximate surface area is 106 Å². The van der Waals surface area contributed by atoms with E-state index in [0.717, 1.165) is 0 Å². The molecular weight excluding hydrogens is 234 g/mol. The Balaban J connectivity index is 1.96. The highest BCUT2D eigenvalue weighted by atomic mass is 32.2. The molecule has 1 aromatic carbocycles. The van der Waals surface area contributed by atoms with E-state index in [9.17, 15) is 4.79 Å². The van der Waals surface area contributed by atoms with Crippen molar-refractivity contribution in [2.24, 2.45) is 5.92 Å². The van der Waals surface area contributed by atoms with Crippen molar-refractivity contribution in [2.45, 2.75) is 17.9 Å². The Morgan fingerprint density at radius 3 is 2.47 bits per heavy atom. The fourth-order valence-corrected chi connectivity index (χ4v) is 2.49. The summed E-state index contributed by atoms with van der Waals surface area (Å²) in [4.78, 5) is 14.2. The maximum absolute atomic E-state index is 10.7. The Hall–Kier alpha value is -1.00. The van der Waals surface area contributed by atoms with Crippen molar-refractivity contribution < 1.29 is 9.90 Å². The van der Waals surface area contributed by atoms with Crippen LogP contribution in [0, 0.1) is 5.92 Å². The van der Waals surface area contributed by atoms with E-state index in [0.29, 0.717) is 19.1 Å². The first-order chi connectivity index (χ1) is 8.11. The van der Waals surface area contributed by atoms with Crippen molar-refractivity contribution in [2.75, 3.05) is 19.3 Å². The predicted molar refractivity (Wildman–Crippen MR) is 69.3 cm³/mol. The van der Waals surface area contributed by atoms with Crippen LogP contribution >= 0.6 is 11.8 Å². The molecule has 0 radical (unpaired) electrons. The average molecular weight is 251 g/mol. The number of hydrogen-bond acceptors (Lipinski definition) is 3. The summed E-state index contributed by atoms with van der Waals surface area (Å²) >= 11 is 1.73. The van der Waals surface area contributed by atoms with Gasteiger partial charge in [0.1, 0.15) is 0 Å². The van der Waals surface area contributed by atoms with E-state index in [4.69, 9.17) is 5.11 Å². The molecule has 1 atom stereocenters. The number of thioether (sulfide) groups is 1. The number of carboxylic acids is 1. The number of carbonyl (C=O) groups is 1. The Morgan fingerprint density at radius 2 is 2.00 bits per heavy atom. The van der Waals surface area contributed by atoms with E-state index in [1.807, 2.05) is 0 Å². The molecule has 0 aliphatic carbocycles. The minimum atomic E-state index is -0.675. The fourth-order valence-electron chi connectivity index (χ4n) is 2.08. The van der Waals surface area contributed by atoms with Gasteiger partial charge in [0.2, 0.25) is 0 Å². The van der Waals surface area contributed by atoms with Crippen molar-refractivity contribution in [3.63, 3.8) is 0 Å². The third-order valence-electron chi connectivity index (χ3n) is 3.40. The van der Waals surface area contributed by atoms with E-state index in [2.05, 4.69) is 42.3 Å². The lowest BCUT2D eigenvalue weighted by Gasteiger charge is -2.41. The first-order valence-electron chi connectivity index (χ1n) is 5.72. The van der Waals surface area contributed by atoms with Crippen molar-refractivity contribution in [3.8, 4) is 0 Å². The monoisotopic (exact) mass is 251 g/mol. The number of rotatable bonds is 4. The molecule has 0 spiro atoms. The highest BCUT2D eigenvalue weighted by molar-refractivity contribution is 7.98. The Kier molecular flexibility index (Phi) is 3.74. The van der Waals surface area contributed by atoms with Gasteiger partial charge in [-0.3, -0.25) is 9.69 Å². The SMILES string of the molecule is CSc1ccc(C(C)N2CC(C(=O)O)C2)cc1. The van der Waals surface area contributed by atoms with Gasteiger partial charge in [-0.25, -0.2) is 0 Å². The van der Waals surface area contributed by atoms with Crippen molar-refractivity contribution in [1.82, 2.24) is 4.90 Å². The lowest BCUT2D eigenvalue weighted by Crippen LogP contribution is -2.51. The minimum Gasteiger partial charge on any atom is -0.481 e. The molecule has 1 aliphatic rings. The second-order valence-electron chi connectivity index (χ2n) is 4.44. The largest absolute Gasteiger partial charge is 0.481 e. The van der Waals surface area contributed by atoms with Crippen LogP contribution < -0.4 is 0 Å². The molecule has 2 rings (SSSR count). The number of benzene rings is 1. The van der Waals surface area contributed by atoms with E-state index >= 15 is 0 Å². The molecule has 1 unspecified atom stereocenters. The van der Waals surface area contributed by atoms with Crippen LogP contribution in [0.15, 0.2) is 29.2 Å². The summed E-state index contributed by atoms with van der Waals surface area (Å²) in [6.07, 6.45) is 2.06. The second-order valence-corrected chi connectivity index (χ2v) is 5.32. The van der Waals surface area contributed by atoms with Crippen LogP contribution in [0.1, 0.15) is 18.5 Å². The Morgan fingerprint density at radius 1 is 1.41 bits per heavy atom. The van der Waals surface area contributed by atoms with Crippen LogP contribution in [-0.4, -0.2) is 35.3 Å². The zero-order valence-electron chi connectivity index (χ0n) is 10.1. The van der Waals surface area contributed by atoms with E-state index in [1.54, 1.807) is 11.8 Å². The van der Waals surface area contributed by atoms with Gasteiger partial charge >= 0.3 is 5.97 Å². The molecule has 0 amide bonds. The highest BCUT2D eigenvalue weighted by Crippen LogP contribution is 2.29. The fraction of sp³-hybridized carbons (Fsp3) is 0.462. The third-order valence-corrected chi connectivity index (χ3v) is 4.15. The number of likely N-dealkylation sites (tertiary alicyclic amines) is 1. The van der Waals surface area contributed by atoms with Gasteiger partial charge in [0.15, 0.2) is 0 Å². The van der Waals surface area contributed by atoms with Gasteiger partial charge in [0, 0.05) is 24.0 Å². The molecular formula is C13H17NO2S. The number of carboxylic acid groups (broad SMARTS) is 1. The topological polar surface area (TPSA) is 40.5 Å². The summed E-state index contributed by atoms with van der Waals surface area (Å²) in [5.74, 6) is -0.853. The van der Waals surface area contributed by atoms with Gasteiger partial charge < -0.3 is 5.11 Å². The van der Waals surface area contributed by atoms with E-state index in [-0.39, 0.29) is 5.92 Å². The van der Waals surface area contributed by atoms with Gasteiger partial charge in [-0.2, -0.15) is 0 Å². The van der Waals surface area contributed by atoms with Crippen LogP contribution in [0.25, 0.3) is 0 Å². The summed E-state index contributed by atoms with van der Waals surface area (Å²) in [6.45, 7) is 3.47. The molecule has 3 nitrogen and oxygen atoms in total. The van der Waals surface area contributed by atoms with Crippen molar-refractivity contribution in [3.05, 3.63) is 29.8 Å². The number of hydrogen-bond donors (Lipinski definition) is 1. The number of nitrogens with zero attached hydrogens (tertiary/aromatic N) is 1. The molecule has 0 aromatic heterocycles. The first-order valence-corrected chi connectivity index (χ1v) is 6.95. The average Bonchev–Trinajstić information content (AvgIpc) is 2.26. The van der Waals surface area contributed by atoms with Gasteiger partial charge in [-0.05, 0) is 30.9 Å². The van der Waals surface area contributed by atoms with Gasteiger partial charge in [0.05, 0.1) is 5.92 Å². The Bertz CT molecular complexity index is 398. The maximum atomic E-state index is 10.7. The molecule has 1 saturated heterocycles. The normalized spacial score (nSPS) is 18.7. The molecule has 4 heteroatoms. The zero-order valence-corrected chi connectivity index (χ0v) is 10.9. The first kappa shape index (κ1) is 12.5. The van der Waals surface area contributed by atoms with Crippen LogP contribution in [0.2, 0.25) is 0 Å². The third kappa shape index (κ3) is 2.64. The van der Waals surface area contributed by atoms with Crippen LogP contribution in [0.3, 0.4) is 0 Å². The molecule has 1 aromatic rings. The predicted octanol–water partition coefficient (Wildman–Crippen LogP) is 2.49. The van der Waals surface area contributed by atoms with Crippen LogP contribution in [-0.2, 0) is 4.79 Å². The molecule has 17 heavy (non-hydrogen) atoms. The molecule has 0 bridgehead atoms. The molecule has 1 fully saturated rings. The second kappa shape index (κ2) is 5.10. The van der Waals surface area contributed by atoms with E-state index in [1.165, 1.54) is 10.5 Å². The molecule has 92 valence electrons. The molecule has 1 N–H and O–H groups in total. The quantitative estimate of drug-likeness (QED) is 0.835.